The van der Waals surface area contributed by atoms with Crippen LogP contribution < -0.4 is 16.6 Å². The van der Waals surface area contributed by atoms with Crippen molar-refractivity contribution in [2.45, 2.75) is 6.18 Å². The summed E-state index contributed by atoms with van der Waals surface area (Å²) in [6.45, 7) is 0. The summed E-state index contributed by atoms with van der Waals surface area (Å²) in [5, 5.41) is 13.6. The number of nitrogens with two attached hydrogens (primary N) is 1. The summed E-state index contributed by atoms with van der Waals surface area (Å²) in [5.41, 5.74) is 0.886. The van der Waals surface area contributed by atoms with E-state index in [1.165, 1.54) is 0 Å². The van der Waals surface area contributed by atoms with Gasteiger partial charge in [-0.3, -0.25) is 10.1 Å². The van der Waals surface area contributed by atoms with Gasteiger partial charge in [0.2, 0.25) is 11.6 Å². The Morgan fingerprint density at radius 3 is 2.23 bits per heavy atom. The van der Waals surface area contributed by atoms with E-state index in [0.717, 1.165) is 30.6 Å². The molecule has 0 aliphatic heterocycles. The number of alkyl halides is 3. The van der Waals surface area contributed by atoms with Crippen LogP contribution in [0.4, 0.5) is 36.2 Å². The Morgan fingerprint density at radius 1 is 1.14 bits per heavy atom. The highest BCUT2D eigenvalue weighted by atomic mass is 19.4. The van der Waals surface area contributed by atoms with Crippen molar-refractivity contribution < 1.29 is 18.1 Å². The van der Waals surface area contributed by atoms with Crippen molar-refractivity contribution in [2.75, 3.05) is 10.7 Å². The fraction of sp³-hybridized carbons (Fsp3) is 0.0909. The van der Waals surface area contributed by atoms with Gasteiger partial charge in [-0.05, 0) is 24.3 Å². The number of nitrogens with zero attached hydrogens (tertiary/aromatic N) is 3. The standard InChI is InChI=1S/C11H9F3N6O2/c12-11(13,14)6-1-3-7(4-2-6)18-9-8(20(21)22)10(19-15)17-5-16-9/h1-5H,15H2,(H2,16,17,18,19). The molecule has 0 atom stereocenters. The van der Waals surface area contributed by atoms with Gasteiger partial charge in [-0.1, -0.05) is 0 Å². The van der Waals surface area contributed by atoms with Crippen molar-refractivity contribution in [3.8, 4) is 0 Å². The first-order valence-electron chi connectivity index (χ1n) is 5.73. The van der Waals surface area contributed by atoms with E-state index in [2.05, 4.69) is 20.7 Å². The summed E-state index contributed by atoms with van der Waals surface area (Å²) >= 11 is 0. The molecule has 0 aliphatic rings. The molecule has 11 heteroatoms. The molecule has 116 valence electrons. The normalized spacial score (nSPS) is 11.1. The number of rotatable bonds is 4. The van der Waals surface area contributed by atoms with E-state index in [9.17, 15) is 23.3 Å². The second kappa shape index (κ2) is 5.81. The monoisotopic (exact) mass is 314 g/mol. The summed E-state index contributed by atoms with van der Waals surface area (Å²) in [6, 6.07) is 3.95. The van der Waals surface area contributed by atoms with Gasteiger partial charge in [0.1, 0.15) is 6.33 Å². The fourth-order valence-electron chi connectivity index (χ4n) is 1.63. The number of benzene rings is 1. The lowest BCUT2D eigenvalue weighted by molar-refractivity contribution is -0.383. The van der Waals surface area contributed by atoms with Gasteiger partial charge in [-0.15, -0.1) is 0 Å². The number of nitrogen functional groups attached to an aromatic ring is 1. The van der Waals surface area contributed by atoms with E-state index in [1.54, 1.807) is 0 Å². The third-order valence-corrected chi connectivity index (χ3v) is 2.62. The Bertz CT molecular complexity index is 689. The number of nitrogens with one attached hydrogen (secondary N) is 2. The first-order valence-corrected chi connectivity index (χ1v) is 5.73. The molecule has 1 heterocycles. The van der Waals surface area contributed by atoms with Crippen LogP contribution >= 0.6 is 0 Å². The molecule has 2 rings (SSSR count). The Hall–Kier alpha value is -2.95. The van der Waals surface area contributed by atoms with E-state index >= 15 is 0 Å². The van der Waals surface area contributed by atoms with Crippen molar-refractivity contribution in [3.63, 3.8) is 0 Å². The number of hydrazine groups is 1. The molecule has 0 saturated heterocycles. The number of hydrogen-bond donors (Lipinski definition) is 3. The number of anilines is 3. The molecule has 8 nitrogen and oxygen atoms in total. The van der Waals surface area contributed by atoms with Gasteiger partial charge in [0, 0.05) is 5.69 Å². The zero-order chi connectivity index (χ0) is 16.3. The maximum atomic E-state index is 12.5. The van der Waals surface area contributed by atoms with Crippen molar-refractivity contribution >= 4 is 23.0 Å². The van der Waals surface area contributed by atoms with Gasteiger partial charge >= 0.3 is 11.9 Å². The van der Waals surface area contributed by atoms with Crippen LogP contribution in [-0.4, -0.2) is 14.9 Å². The Morgan fingerprint density at radius 2 is 1.73 bits per heavy atom. The van der Waals surface area contributed by atoms with Crippen LogP contribution in [0.5, 0.6) is 0 Å². The van der Waals surface area contributed by atoms with Crippen LogP contribution in [0.2, 0.25) is 0 Å². The maximum absolute atomic E-state index is 12.5. The molecule has 1 aromatic carbocycles. The average molecular weight is 314 g/mol. The van der Waals surface area contributed by atoms with E-state index in [-0.39, 0.29) is 17.3 Å². The smallest absolute Gasteiger partial charge is 0.334 e. The predicted octanol–water partition coefficient (Wildman–Crippen LogP) is 2.43. The minimum absolute atomic E-state index is 0.192. The Balaban J connectivity index is 2.33. The minimum Gasteiger partial charge on any atom is -0.334 e. The second-order valence-corrected chi connectivity index (χ2v) is 4.02. The van der Waals surface area contributed by atoms with Crippen LogP contribution in [0.3, 0.4) is 0 Å². The lowest BCUT2D eigenvalue weighted by Crippen LogP contribution is -2.12. The molecule has 1 aromatic heterocycles. The molecule has 22 heavy (non-hydrogen) atoms. The molecule has 0 spiro atoms. The molecule has 0 aliphatic carbocycles. The molecule has 0 radical (unpaired) electrons. The first kappa shape index (κ1) is 15.4. The second-order valence-electron chi connectivity index (χ2n) is 4.02. The molecule has 0 fully saturated rings. The first-order chi connectivity index (χ1) is 10.3. The molecule has 0 bridgehead atoms. The van der Waals surface area contributed by atoms with Crippen LogP contribution in [0.15, 0.2) is 30.6 Å². The summed E-state index contributed by atoms with van der Waals surface area (Å²) in [5.74, 6) is 4.69. The third-order valence-electron chi connectivity index (χ3n) is 2.62. The van der Waals surface area contributed by atoms with E-state index in [4.69, 9.17) is 5.84 Å². The summed E-state index contributed by atoms with van der Waals surface area (Å²) in [6.07, 6.45) is -3.44. The maximum Gasteiger partial charge on any atom is 0.416 e. The number of hydrogen-bond acceptors (Lipinski definition) is 7. The van der Waals surface area contributed by atoms with Gasteiger partial charge in [0.05, 0.1) is 10.5 Å². The SMILES string of the molecule is NNc1ncnc(Nc2ccc(C(F)(F)F)cc2)c1[N+](=O)[O-]. The molecular weight excluding hydrogens is 305 g/mol. The van der Waals surface area contributed by atoms with Gasteiger partial charge in [-0.2, -0.15) is 13.2 Å². The minimum atomic E-state index is -4.46. The zero-order valence-corrected chi connectivity index (χ0v) is 10.8. The van der Waals surface area contributed by atoms with Gasteiger partial charge in [0.25, 0.3) is 0 Å². The topological polar surface area (TPSA) is 119 Å². The lowest BCUT2D eigenvalue weighted by atomic mass is 10.2. The third kappa shape index (κ3) is 3.20. The molecule has 0 amide bonds. The Labute approximate surface area is 121 Å². The Kier molecular flexibility index (Phi) is 4.08. The van der Waals surface area contributed by atoms with E-state index in [1.807, 2.05) is 0 Å². The number of nitro groups is 1. The van der Waals surface area contributed by atoms with Crippen molar-refractivity contribution in [1.82, 2.24) is 9.97 Å². The lowest BCUT2D eigenvalue weighted by Gasteiger charge is -2.10. The number of halogens is 3. The van der Waals surface area contributed by atoms with Crippen molar-refractivity contribution in [1.29, 1.82) is 0 Å². The summed E-state index contributed by atoms with van der Waals surface area (Å²) in [7, 11) is 0. The van der Waals surface area contributed by atoms with Crippen molar-refractivity contribution in [3.05, 3.63) is 46.3 Å². The summed E-state index contributed by atoms with van der Waals surface area (Å²) in [4.78, 5) is 17.5. The summed E-state index contributed by atoms with van der Waals surface area (Å²) < 4.78 is 37.4. The highest BCUT2D eigenvalue weighted by molar-refractivity contribution is 5.73. The number of aromatic nitrogens is 2. The highest BCUT2D eigenvalue weighted by Gasteiger charge is 2.30. The van der Waals surface area contributed by atoms with Crippen LogP contribution in [0.25, 0.3) is 0 Å². The zero-order valence-electron chi connectivity index (χ0n) is 10.8. The highest BCUT2D eigenvalue weighted by Crippen LogP contribution is 2.32. The van der Waals surface area contributed by atoms with Crippen molar-refractivity contribution in [2.24, 2.45) is 5.84 Å². The largest absolute Gasteiger partial charge is 0.416 e. The van der Waals surface area contributed by atoms with E-state index in [0.29, 0.717) is 0 Å². The van der Waals surface area contributed by atoms with Gasteiger partial charge < -0.3 is 10.7 Å². The van der Waals surface area contributed by atoms with Gasteiger partial charge in [-0.25, -0.2) is 15.8 Å². The van der Waals surface area contributed by atoms with Crippen LogP contribution in [0.1, 0.15) is 5.56 Å². The molecule has 2 aromatic rings. The van der Waals surface area contributed by atoms with Crippen LogP contribution in [-0.2, 0) is 6.18 Å². The predicted molar refractivity (Wildman–Crippen MR) is 71.2 cm³/mol. The quantitative estimate of drug-likeness (QED) is 0.450. The van der Waals surface area contributed by atoms with E-state index < -0.39 is 22.4 Å². The molecule has 4 N–H and O–H groups in total. The average Bonchev–Trinajstić information content (AvgIpc) is 2.46. The fourth-order valence-corrected chi connectivity index (χ4v) is 1.63. The van der Waals surface area contributed by atoms with Gasteiger partial charge in [0.15, 0.2) is 0 Å². The van der Waals surface area contributed by atoms with Crippen LogP contribution in [0, 0.1) is 10.1 Å². The molecular formula is C11H9F3N6O2. The molecule has 0 saturated carbocycles. The molecule has 0 unspecified atom stereocenters.